The third kappa shape index (κ3) is 8.23. The third-order valence-electron chi connectivity index (χ3n) is 15.0. The number of amides is 4. The van der Waals surface area contributed by atoms with Gasteiger partial charge in [-0.15, -0.1) is 4.40 Å². The maximum atomic E-state index is 14.1. The summed E-state index contributed by atoms with van der Waals surface area (Å²) >= 11 is 0. The number of alkyl carbamates (subject to hydrolysis) is 2. The summed E-state index contributed by atoms with van der Waals surface area (Å²) in [7, 11) is -1.59. The van der Waals surface area contributed by atoms with Crippen LogP contribution in [-0.4, -0.2) is 105 Å². The number of hydrogen-bond donors (Lipinski definition) is 3. The topological polar surface area (TPSA) is 188 Å². The third-order valence-corrected chi connectivity index (χ3v) is 16.4. The van der Waals surface area contributed by atoms with Crippen molar-refractivity contribution < 1.29 is 37.1 Å². The second kappa shape index (κ2) is 18.1. The monoisotopic (exact) mass is 919 g/mol. The number of nitrogens with zero attached hydrogens (tertiary/aromatic N) is 4. The van der Waals surface area contributed by atoms with Crippen molar-refractivity contribution in [2.45, 2.75) is 127 Å². The second-order valence-corrected chi connectivity index (χ2v) is 20.8. The molecule has 0 aromatic heterocycles. The van der Waals surface area contributed by atoms with Crippen molar-refractivity contribution in [3.63, 3.8) is 0 Å². The normalized spacial score (nSPS) is 23.7. The van der Waals surface area contributed by atoms with E-state index in [1.807, 2.05) is 44.7 Å². The van der Waals surface area contributed by atoms with E-state index in [0.29, 0.717) is 56.3 Å². The van der Waals surface area contributed by atoms with Crippen LogP contribution < -0.4 is 16.0 Å². The number of carbonyl (C=O) groups is 4. The smallest absolute Gasteiger partial charge is 0.407 e. The molecule has 2 unspecified atom stereocenters. The number of likely N-dealkylation sites (tertiary alicyclic amines) is 2. The van der Waals surface area contributed by atoms with Gasteiger partial charge in [-0.1, -0.05) is 64.8 Å². The van der Waals surface area contributed by atoms with Gasteiger partial charge in [0, 0.05) is 25.2 Å². The first-order valence-electron chi connectivity index (χ1n) is 23.6. The molecule has 2 saturated heterocycles. The number of anilines is 1. The largest absolute Gasteiger partial charge is 0.453 e. The summed E-state index contributed by atoms with van der Waals surface area (Å²) in [5.41, 5.74) is 10.2. The molecule has 9 rings (SSSR count). The lowest BCUT2D eigenvalue weighted by Gasteiger charge is -2.33. The number of carbonyl (C=O) groups excluding carboxylic acids is 4. The summed E-state index contributed by atoms with van der Waals surface area (Å²) in [5, 5.41) is 8.73. The average molecular weight is 920 g/mol. The Kier molecular flexibility index (Phi) is 12.5. The molecule has 2 aliphatic carbocycles. The molecule has 4 amide bonds. The van der Waals surface area contributed by atoms with Gasteiger partial charge in [-0.25, -0.2) is 9.59 Å². The number of methoxy groups -OCH3 is 2. The minimum absolute atomic E-state index is 0.0943. The van der Waals surface area contributed by atoms with Crippen LogP contribution in [-0.2, 0) is 41.9 Å². The second-order valence-electron chi connectivity index (χ2n) is 19.2. The van der Waals surface area contributed by atoms with Gasteiger partial charge in [-0.2, -0.15) is 8.42 Å². The van der Waals surface area contributed by atoms with E-state index in [9.17, 15) is 27.6 Å². The standard InChI is InChI=1S/C50H61N7O8S/c1-7-28(4)45(54-50(61)65-6)48(59)57-22-10-14-41(57)46-52-38-20-16-31(26-42(38)66(62,63)55-46)33-17-18-35(43-34-12-8-11-29(34)24-36(33)43)30-15-19-37-32(23-30)25-39(51-37)40-13-9-21-56(40)47(58)44(27(2)3)53-49(60)64-5/h15-20,23,26-29,34,40-41,44-45H,7-14,21-22,24-25H2,1-6H3,(H,52,55)(H,53,60)(H,54,61)/t28-,29?,34?,40-,41-,44-,45-/m0/s1. The van der Waals surface area contributed by atoms with Crippen LogP contribution in [0.25, 0.3) is 22.3 Å². The van der Waals surface area contributed by atoms with E-state index in [4.69, 9.17) is 14.5 Å². The van der Waals surface area contributed by atoms with Gasteiger partial charge in [0.25, 0.3) is 10.0 Å². The molecule has 15 nitrogen and oxygen atoms in total. The zero-order valence-corrected chi connectivity index (χ0v) is 39.5. The molecule has 3 N–H and O–H groups in total. The first-order chi connectivity index (χ1) is 31.7. The highest BCUT2D eigenvalue weighted by atomic mass is 32.2. The highest BCUT2D eigenvalue weighted by Gasteiger charge is 2.43. The number of benzene rings is 3. The summed E-state index contributed by atoms with van der Waals surface area (Å²) in [6.45, 7) is 8.69. The van der Waals surface area contributed by atoms with Crippen molar-refractivity contribution >= 4 is 56.9 Å². The first kappa shape index (κ1) is 45.4. The van der Waals surface area contributed by atoms with E-state index < -0.39 is 40.3 Å². The number of hydrogen-bond acceptors (Lipinski definition) is 10. The van der Waals surface area contributed by atoms with Gasteiger partial charge in [0.2, 0.25) is 11.8 Å². The van der Waals surface area contributed by atoms with E-state index in [2.05, 4.69) is 50.7 Å². The Morgan fingerprint density at radius 3 is 2.17 bits per heavy atom. The fourth-order valence-electron chi connectivity index (χ4n) is 11.4. The van der Waals surface area contributed by atoms with Crippen molar-refractivity contribution in [3.8, 4) is 22.3 Å². The Morgan fingerprint density at radius 2 is 1.45 bits per heavy atom. The highest BCUT2D eigenvalue weighted by molar-refractivity contribution is 7.90. The van der Waals surface area contributed by atoms with Crippen LogP contribution in [0.3, 0.4) is 0 Å². The van der Waals surface area contributed by atoms with Crippen molar-refractivity contribution in [1.82, 2.24) is 20.4 Å². The van der Waals surface area contributed by atoms with Crippen LogP contribution in [0.15, 0.2) is 62.8 Å². The molecule has 16 heteroatoms. The predicted molar refractivity (Wildman–Crippen MR) is 253 cm³/mol. The Bertz CT molecular complexity index is 2650. The van der Waals surface area contributed by atoms with Crippen LogP contribution in [0.4, 0.5) is 21.0 Å². The molecule has 6 aliphatic rings. The molecule has 3 aromatic rings. The Hall–Kier alpha value is -5.77. The van der Waals surface area contributed by atoms with Crippen LogP contribution in [0.1, 0.15) is 102 Å². The minimum Gasteiger partial charge on any atom is -0.453 e. The molecule has 1 saturated carbocycles. The van der Waals surface area contributed by atoms with Crippen LogP contribution in [0.5, 0.6) is 0 Å². The van der Waals surface area contributed by atoms with Gasteiger partial charge in [-0.3, -0.25) is 14.6 Å². The first-order valence-corrected chi connectivity index (χ1v) is 25.1. The minimum atomic E-state index is -4.15. The molecular weight excluding hydrogens is 859 g/mol. The number of sulfonamides is 1. The summed E-state index contributed by atoms with van der Waals surface area (Å²) in [6, 6.07) is 14.1. The number of amidine groups is 1. The maximum Gasteiger partial charge on any atom is 0.407 e. The average Bonchev–Trinajstić information content (AvgIpc) is 4.17. The molecule has 0 spiro atoms. The number of aliphatic imine (C=N–C) groups is 1. The molecule has 0 bridgehead atoms. The van der Waals surface area contributed by atoms with E-state index in [-0.39, 0.29) is 40.4 Å². The van der Waals surface area contributed by atoms with Crippen molar-refractivity contribution in [3.05, 3.63) is 65.2 Å². The molecule has 3 fully saturated rings. The molecule has 0 radical (unpaired) electrons. The maximum absolute atomic E-state index is 14.1. The van der Waals surface area contributed by atoms with Gasteiger partial charge in [0.1, 0.15) is 22.8 Å². The summed E-state index contributed by atoms with van der Waals surface area (Å²) in [4.78, 5) is 60.8. The number of fused-ring (bicyclic) bond motifs is 5. The molecule has 7 atom stereocenters. The van der Waals surface area contributed by atoms with Crippen LogP contribution in [0.2, 0.25) is 0 Å². The highest BCUT2D eigenvalue weighted by Crippen LogP contribution is 2.54. The molecular formula is C50H61N7O8S. The number of ether oxygens (including phenoxy) is 2. The quantitative estimate of drug-likeness (QED) is 0.173. The molecule has 350 valence electrons. The predicted octanol–water partition coefficient (Wildman–Crippen LogP) is 7.74. The van der Waals surface area contributed by atoms with Gasteiger partial charge < -0.3 is 35.2 Å². The lowest BCUT2D eigenvalue weighted by atomic mass is 9.86. The number of rotatable bonds is 11. The molecule has 4 aliphatic heterocycles. The summed E-state index contributed by atoms with van der Waals surface area (Å²) < 4.78 is 42.2. The Morgan fingerprint density at radius 1 is 0.803 bits per heavy atom. The fourth-order valence-corrected chi connectivity index (χ4v) is 12.6. The van der Waals surface area contributed by atoms with E-state index >= 15 is 0 Å². The molecule has 4 heterocycles. The van der Waals surface area contributed by atoms with Gasteiger partial charge in [0.05, 0.1) is 37.7 Å². The Balaban J connectivity index is 0.972. The van der Waals surface area contributed by atoms with Crippen LogP contribution >= 0.6 is 0 Å². The van der Waals surface area contributed by atoms with Crippen molar-refractivity contribution in [1.29, 1.82) is 0 Å². The van der Waals surface area contributed by atoms with Crippen molar-refractivity contribution in [2.75, 3.05) is 32.6 Å². The zero-order valence-electron chi connectivity index (χ0n) is 38.7. The molecule has 66 heavy (non-hydrogen) atoms. The van der Waals surface area contributed by atoms with Gasteiger partial charge >= 0.3 is 12.2 Å². The Labute approximate surface area is 387 Å². The SMILES string of the molecule is CC[C@H](C)[C@H](NC(=O)OC)C(=O)N1CCC[C@H]1C1=NS(=O)(=O)c2cc(-c3ccc(-c4ccc5c(c4)CC([C@@H]4CCCN4C(=O)[C@@H](NC(=O)OC)C(C)C)=N5)c4c3CC3CCCC43)ccc2N1. The lowest BCUT2D eigenvalue weighted by Crippen LogP contribution is -2.55. The summed E-state index contributed by atoms with van der Waals surface area (Å²) in [5.74, 6) is 0.437. The van der Waals surface area contributed by atoms with Gasteiger partial charge in [-0.05, 0) is 132 Å². The summed E-state index contributed by atoms with van der Waals surface area (Å²) in [6.07, 6.45) is 7.20. The van der Waals surface area contributed by atoms with E-state index in [1.54, 1.807) is 11.0 Å². The van der Waals surface area contributed by atoms with Crippen LogP contribution in [0, 0.1) is 17.8 Å². The lowest BCUT2D eigenvalue weighted by molar-refractivity contribution is -0.135. The van der Waals surface area contributed by atoms with E-state index in [1.165, 1.54) is 37.3 Å². The zero-order chi connectivity index (χ0) is 46.6. The number of nitrogens with one attached hydrogen (secondary N) is 3. The molecule has 3 aromatic carbocycles. The fraction of sp³-hybridized carbons (Fsp3) is 0.520. The van der Waals surface area contributed by atoms with Crippen molar-refractivity contribution in [2.24, 2.45) is 27.1 Å². The van der Waals surface area contributed by atoms with E-state index in [0.717, 1.165) is 65.8 Å². The van der Waals surface area contributed by atoms with Gasteiger partial charge in [0.15, 0.2) is 0 Å².